The van der Waals surface area contributed by atoms with Crippen molar-refractivity contribution in [2.75, 3.05) is 0 Å². The van der Waals surface area contributed by atoms with E-state index in [2.05, 4.69) is 19.0 Å². The summed E-state index contributed by atoms with van der Waals surface area (Å²) in [5, 5.41) is 3.37. The van der Waals surface area contributed by atoms with Gasteiger partial charge in [-0.25, -0.2) is 4.85 Å². The van der Waals surface area contributed by atoms with Gasteiger partial charge in [0.15, 0.2) is 5.69 Å². The standard InChI is InChI=1S/C52H32F6N4/c1-30-20-35(24-37(22-30)51(53,54)55)33-12-14-47-42(26-33)39-8-4-6-10-45(39)61(47)49-28-41(32-16-18-60-19-17-32)44(59-3)29-50(49)62-46-11-7-5-9-40(46)43-27-34(13-15-48(43)62)36-21-31(2)23-38(25-36)52(56,57)58/h4-29H,1-2H3. The molecule has 3 heterocycles. The molecular weight excluding hydrogens is 795 g/mol. The van der Waals surface area contributed by atoms with Crippen LogP contribution in [0.15, 0.2) is 158 Å². The molecule has 4 nitrogen and oxygen atoms in total. The van der Waals surface area contributed by atoms with Gasteiger partial charge in [0.1, 0.15) is 0 Å². The highest BCUT2D eigenvalue weighted by atomic mass is 19.4. The molecule has 0 amide bonds. The van der Waals surface area contributed by atoms with Crippen LogP contribution in [-0.2, 0) is 12.4 Å². The molecule has 0 saturated heterocycles. The van der Waals surface area contributed by atoms with E-state index in [1.54, 1.807) is 38.4 Å². The number of hydrogen-bond acceptors (Lipinski definition) is 1. The highest BCUT2D eigenvalue weighted by Gasteiger charge is 2.32. The van der Waals surface area contributed by atoms with Crippen LogP contribution in [0, 0.1) is 20.4 Å². The second kappa shape index (κ2) is 14.2. The number of benzene rings is 7. The summed E-state index contributed by atoms with van der Waals surface area (Å²) in [4.78, 5) is 8.24. The van der Waals surface area contributed by atoms with Crippen molar-refractivity contribution in [1.29, 1.82) is 0 Å². The average molecular weight is 827 g/mol. The van der Waals surface area contributed by atoms with E-state index in [0.717, 1.165) is 67.0 Å². The molecule has 302 valence electrons. The smallest absolute Gasteiger partial charge is 0.308 e. The maximum atomic E-state index is 14.0. The first kappa shape index (κ1) is 38.6. The number of hydrogen-bond donors (Lipinski definition) is 0. The van der Waals surface area contributed by atoms with Crippen LogP contribution >= 0.6 is 0 Å². The number of halogens is 6. The van der Waals surface area contributed by atoms with Gasteiger partial charge >= 0.3 is 12.4 Å². The van der Waals surface area contributed by atoms with Crippen molar-refractivity contribution in [3.8, 4) is 44.8 Å². The Morgan fingerprint density at radius 1 is 0.452 bits per heavy atom. The Balaban J connectivity index is 1.27. The van der Waals surface area contributed by atoms with Crippen LogP contribution in [0.1, 0.15) is 22.3 Å². The lowest BCUT2D eigenvalue weighted by atomic mass is 9.98. The van der Waals surface area contributed by atoms with Crippen molar-refractivity contribution in [3.05, 3.63) is 192 Å². The largest absolute Gasteiger partial charge is 0.416 e. The molecule has 7 aromatic carbocycles. The number of alkyl halides is 6. The lowest BCUT2D eigenvalue weighted by Crippen LogP contribution is -2.05. The van der Waals surface area contributed by atoms with Crippen molar-refractivity contribution in [3.63, 3.8) is 0 Å². The topological polar surface area (TPSA) is 27.1 Å². The number of fused-ring (bicyclic) bond motifs is 6. The van der Waals surface area contributed by atoms with E-state index < -0.39 is 23.5 Å². The SMILES string of the molecule is [C-]#[N+]c1cc(-n2c3ccccc3c3cc(-c4cc(C)cc(C(F)(F)F)c4)ccc32)c(-n2c3ccccc3c3cc(-c4cc(C)cc(C(F)(F)F)c4)ccc32)cc1-c1ccncc1. The fraction of sp³-hybridized carbons (Fsp3) is 0.0769. The van der Waals surface area contributed by atoms with Crippen LogP contribution in [-0.4, -0.2) is 14.1 Å². The van der Waals surface area contributed by atoms with Crippen LogP contribution in [0.4, 0.5) is 32.0 Å². The maximum Gasteiger partial charge on any atom is 0.416 e. The number of nitrogens with zero attached hydrogens (tertiary/aromatic N) is 4. The molecule has 0 unspecified atom stereocenters. The predicted octanol–water partition coefficient (Wildman–Crippen LogP) is 15.5. The molecule has 0 aliphatic carbocycles. The van der Waals surface area contributed by atoms with Crippen LogP contribution in [0.5, 0.6) is 0 Å². The summed E-state index contributed by atoms with van der Waals surface area (Å²) in [7, 11) is 0. The van der Waals surface area contributed by atoms with Crippen LogP contribution < -0.4 is 0 Å². The Bertz CT molecular complexity index is 3480. The van der Waals surface area contributed by atoms with Gasteiger partial charge in [0.25, 0.3) is 0 Å². The third kappa shape index (κ3) is 6.45. The van der Waals surface area contributed by atoms with Crippen molar-refractivity contribution in [2.45, 2.75) is 26.2 Å². The zero-order valence-electron chi connectivity index (χ0n) is 33.1. The second-order valence-electron chi connectivity index (χ2n) is 15.5. The van der Waals surface area contributed by atoms with E-state index in [-0.39, 0.29) is 0 Å². The van der Waals surface area contributed by atoms with Gasteiger partial charge in [-0.05, 0) is 143 Å². The van der Waals surface area contributed by atoms with Crippen LogP contribution in [0.3, 0.4) is 0 Å². The summed E-state index contributed by atoms with van der Waals surface area (Å²) in [6.45, 7) is 11.7. The van der Waals surface area contributed by atoms with Crippen LogP contribution in [0.2, 0.25) is 0 Å². The number of aryl methyl sites for hydroxylation is 2. The Labute approximate surface area is 351 Å². The summed E-state index contributed by atoms with van der Waals surface area (Å²) >= 11 is 0. The van der Waals surface area contributed by atoms with Gasteiger partial charge < -0.3 is 9.13 Å². The molecule has 0 bridgehead atoms. The first-order chi connectivity index (χ1) is 29.8. The molecule has 0 spiro atoms. The molecule has 0 aliphatic rings. The highest BCUT2D eigenvalue weighted by molar-refractivity contribution is 6.13. The van der Waals surface area contributed by atoms with Gasteiger partial charge in [-0.1, -0.05) is 60.7 Å². The lowest BCUT2D eigenvalue weighted by molar-refractivity contribution is -0.138. The van der Waals surface area contributed by atoms with E-state index in [4.69, 9.17) is 6.57 Å². The first-order valence-electron chi connectivity index (χ1n) is 19.7. The van der Waals surface area contributed by atoms with Crippen molar-refractivity contribution >= 4 is 49.3 Å². The molecule has 0 fully saturated rings. The molecule has 0 saturated carbocycles. The highest BCUT2D eigenvalue weighted by Crippen LogP contribution is 2.45. The Morgan fingerprint density at radius 2 is 0.903 bits per heavy atom. The minimum atomic E-state index is -4.51. The maximum absolute atomic E-state index is 14.0. The van der Waals surface area contributed by atoms with Gasteiger partial charge in [0.2, 0.25) is 0 Å². The molecule has 62 heavy (non-hydrogen) atoms. The molecule has 0 N–H and O–H groups in total. The second-order valence-corrected chi connectivity index (χ2v) is 15.5. The lowest BCUT2D eigenvalue weighted by Gasteiger charge is -2.20. The van der Waals surface area contributed by atoms with E-state index >= 15 is 0 Å². The van der Waals surface area contributed by atoms with E-state index in [0.29, 0.717) is 50.3 Å². The summed E-state index contributed by atoms with van der Waals surface area (Å²) < 4.78 is 88.0. The van der Waals surface area contributed by atoms with Gasteiger partial charge in [-0.2, -0.15) is 26.3 Å². The summed E-state index contributed by atoms with van der Waals surface area (Å²) in [6, 6.07) is 42.7. The van der Waals surface area contributed by atoms with Gasteiger partial charge in [0, 0.05) is 33.9 Å². The predicted molar refractivity (Wildman–Crippen MR) is 235 cm³/mol. The first-order valence-corrected chi connectivity index (χ1v) is 19.7. The van der Waals surface area contributed by atoms with Gasteiger partial charge in [0.05, 0.1) is 51.1 Å². The van der Waals surface area contributed by atoms with E-state index in [1.807, 2.05) is 109 Å². The molecule has 0 aliphatic heterocycles. The van der Waals surface area contributed by atoms with Gasteiger partial charge in [-0.3, -0.25) is 4.98 Å². The molecule has 0 radical (unpaired) electrons. The van der Waals surface area contributed by atoms with Gasteiger partial charge in [-0.15, -0.1) is 0 Å². The zero-order chi connectivity index (χ0) is 43.1. The fourth-order valence-corrected chi connectivity index (χ4v) is 8.83. The fourth-order valence-electron chi connectivity index (χ4n) is 8.83. The Morgan fingerprint density at radius 3 is 1.37 bits per heavy atom. The quantitative estimate of drug-likeness (QED) is 0.125. The summed E-state index contributed by atoms with van der Waals surface area (Å²) in [5.41, 5.74) is 8.14. The number of aromatic nitrogens is 3. The van der Waals surface area contributed by atoms with E-state index in [9.17, 15) is 26.3 Å². The molecule has 10 heteroatoms. The summed E-state index contributed by atoms with van der Waals surface area (Å²) in [6.07, 6.45) is -5.67. The molecule has 10 rings (SSSR count). The van der Waals surface area contributed by atoms with E-state index in [1.165, 1.54) is 12.1 Å². The molecular formula is C52H32F6N4. The number of pyridine rings is 1. The third-order valence-electron chi connectivity index (χ3n) is 11.5. The number of para-hydroxylation sites is 2. The summed E-state index contributed by atoms with van der Waals surface area (Å²) in [5.74, 6) is 0. The van der Waals surface area contributed by atoms with Crippen LogP contribution in [0.25, 0.3) is 93.2 Å². The number of rotatable bonds is 5. The molecule has 10 aromatic rings. The Hall–Kier alpha value is -7.64. The third-order valence-corrected chi connectivity index (χ3v) is 11.5. The molecule has 3 aromatic heterocycles. The average Bonchev–Trinajstić information content (AvgIpc) is 3.77. The minimum absolute atomic E-state index is 0.389. The van der Waals surface area contributed by atoms with Crippen molar-refractivity contribution < 1.29 is 26.3 Å². The van der Waals surface area contributed by atoms with Crippen molar-refractivity contribution in [2.24, 2.45) is 0 Å². The minimum Gasteiger partial charge on any atom is -0.308 e. The monoisotopic (exact) mass is 826 g/mol. The van der Waals surface area contributed by atoms with Crippen molar-refractivity contribution in [1.82, 2.24) is 14.1 Å². The molecule has 0 atom stereocenters. The normalized spacial score (nSPS) is 12.2. The zero-order valence-corrected chi connectivity index (χ0v) is 33.1. The Kier molecular flexibility index (Phi) is 8.85.